The van der Waals surface area contributed by atoms with Crippen molar-refractivity contribution in [1.29, 1.82) is 0 Å². The van der Waals surface area contributed by atoms with Gasteiger partial charge in [0.05, 0.1) is 12.1 Å². The van der Waals surface area contributed by atoms with Crippen LogP contribution < -0.4 is 10.5 Å². The second-order valence-corrected chi connectivity index (χ2v) is 5.49. The second kappa shape index (κ2) is 9.28. The molecule has 1 aromatic carbocycles. The van der Waals surface area contributed by atoms with Crippen LogP contribution in [-0.2, 0) is 6.42 Å². The Balaban J connectivity index is 0.00000139. The highest BCUT2D eigenvalue weighted by Crippen LogP contribution is 2.37. The van der Waals surface area contributed by atoms with Crippen molar-refractivity contribution in [2.45, 2.75) is 41.0 Å². The van der Waals surface area contributed by atoms with Gasteiger partial charge in [0.1, 0.15) is 5.75 Å². The van der Waals surface area contributed by atoms with E-state index in [1.165, 1.54) is 11.1 Å². The molecule has 1 heterocycles. The number of rotatable bonds is 4. The first kappa shape index (κ1) is 20.0. The van der Waals surface area contributed by atoms with E-state index in [1.54, 1.807) is 19.5 Å². The number of aromatic nitrogens is 2. The molecule has 2 rings (SSSR count). The summed E-state index contributed by atoms with van der Waals surface area (Å²) < 4.78 is 5.40. The number of nitrogen functional groups attached to an aromatic ring is 1. The quantitative estimate of drug-likeness (QED) is 0.827. The monoisotopic (exact) mass is 347 g/mol. The molecule has 0 unspecified atom stereocenters. The zero-order chi connectivity index (χ0) is 18.3. The van der Waals surface area contributed by atoms with Gasteiger partial charge in [-0.15, -0.1) is 0 Å². The van der Waals surface area contributed by atoms with Crippen molar-refractivity contribution in [2.24, 2.45) is 0 Å². The fourth-order valence-corrected chi connectivity index (χ4v) is 2.93. The van der Waals surface area contributed by atoms with E-state index in [4.69, 9.17) is 22.1 Å². The molecule has 0 radical (unpaired) electrons. The Morgan fingerprint density at radius 2 is 1.88 bits per heavy atom. The third-order valence-electron chi connectivity index (χ3n) is 3.67. The summed E-state index contributed by atoms with van der Waals surface area (Å²) in [6.45, 7) is 10.2. The number of hydrogen-bond acceptors (Lipinski definition) is 4. The van der Waals surface area contributed by atoms with Crippen molar-refractivity contribution >= 4 is 29.2 Å². The van der Waals surface area contributed by atoms with E-state index in [9.17, 15) is 0 Å². The molecule has 0 aliphatic carbocycles. The van der Waals surface area contributed by atoms with Gasteiger partial charge in [0.2, 0.25) is 5.95 Å². The maximum absolute atomic E-state index is 6.51. The fourth-order valence-electron chi connectivity index (χ4n) is 2.51. The minimum Gasteiger partial charge on any atom is -0.495 e. The number of anilines is 1. The summed E-state index contributed by atoms with van der Waals surface area (Å²) in [4.78, 5) is 8.01. The summed E-state index contributed by atoms with van der Waals surface area (Å²) in [5, 5.41) is 0.627. The molecule has 1 aromatic heterocycles. The minimum atomic E-state index is 0.263. The Hall–Kier alpha value is -2.07. The van der Waals surface area contributed by atoms with Crippen LogP contribution in [0, 0.1) is 6.92 Å². The molecule has 0 atom stereocenters. The van der Waals surface area contributed by atoms with Crippen LogP contribution in [0.4, 0.5) is 5.95 Å². The Kier molecular flexibility index (Phi) is 7.72. The van der Waals surface area contributed by atoms with Crippen molar-refractivity contribution < 1.29 is 4.74 Å². The third-order valence-corrected chi connectivity index (χ3v) is 4.04. The van der Waals surface area contributed by atoms with Crippen molar-refractivity contribution in [3.8, 4) is 5.75 Å². The van der Waals surface area contributed by atoms with Crippen LogP contribution in [-0.4, -0.2) is 17.1 Å². The molecule has 24 heavy (non-hydrogen) atoms. The predicted octanol–water partition coefficient (Wildman–Crippen LogP) is 5.18. The molecule has 0 saturated carbocycles. The van der Waals surface area contributed by atoms with Crippen LogP contribution in [0.3, 0.4) is 0 Å². The number of allylic oxidation sites excluding steroid dienone is 1. The van der Waals surface area contributed by atoms with Gasteiger partial charge in [-0.3, -0.25) is 0 Å². The molecule has 0 amide bonds. The number of aryl methyl sites for hydroxylation is 1. The van der Waals surface area contributed by atoms with Gasteiger partial charge < -0.3 is 10.5 Å². The average Bonchev–Trinajstić information content (AvgIpc) is 2.59. The minimum absolute atomic E-state index is 0.263. The first-order valence-electron chi connectivity index (χ1n) is 8.10. The molecule has 0 bridgehead atoms. The normalized spacial score (nSPS) is 10.9. The standard InChI is InChI=1S/C17H20ClN3O.C2H6/c1-5-13-7-14(22-4)16(18)15(11(13)3)10(2)6-12-8-20-17(19)21-9-12;1-2/h6-9H,5H2,1-4H3,(H2,19,20,21);1-2H3/b10-6+;. The first-order chi connectivity index (χ1) is 11.5. The Bertz CT molecular complexity index is 681. The van der Waals surface area contributed by atoms with E-state index in [0.717, 1.165) is 23.1 Å². The summed E-state index contributed by atoms with van der Waals surface area (Å²) >= 11 is 6.51. The van der Waals surface area contributed by atoms with Crippen LogP contribution in [0.5, 0.6) is 5.75 Å². The van der Waals surface area contributed by atoms with Gasteiger partial charge in [0.25, 0.3) is 0 Å². The molecule has 0 aliphatic heterocycles. The summed E-state index contributed by atoms with van der Waals surface area (Å²) in [5.41, 5.74) is 10.8. The Morgan fingerprint density at radius 3 is 2.38 bits per heavy atom. The van der Waals surface area contributed by atoms with E-state index < -0.39 is 0 Å². The molecule has 0 fully saturated rings. The van der Waals surface area contributed by atoms with Crippen LogP contribution in [0.25, 0.3) is 11.6 Å². The highest BCUT2D eigenvalue weighted by molar-refractivity contribution is 6.34. The van der Waals surface area contributed by atoms with E-state index in [-0.39, 0.29) is 5.95 Å². The molecule has 0 saturated heterocycles. The zero-order valence-electron chi connectivity index (χ0n) is 15.3. The summed E-state index contributed by atoms with van der Waals surface area (Å²) in [7, 11) is 1.63. The Morgan fingerprint density at radius 1 is 1.29 bits per heavy atom. The molecule has 2 N–H and O–H groups in total. The predicted molar refractivity (Wildman–Crippen MR) is 103 cm³/mol. The van der Waals surface area contributed by atoms with Crippen molar-refractivity contribution in [2.75, 3.05) is 12.8 Å². The first-order valence-corrected chi connectivity index (χ1v) is 8.47. The molecule has 130 valence electrons. The lowest BCUT2D eigenvalue weighted by atomic mass is 9.94. The molecule has 2 aromatic rings. The third kappa shape index (κ3) is 4.48. The number of methoxy groups -OCH3 is 1. The molecule has 5 heteroatoms. The smallest absolute Gasteiger partial charge is 0.219 e. The van der Waals surface area contributed by atoms with Crippen LogP contribution in [0.1, 0.15) is 49.9 Å². The van der Waals surface area contributed by atoms with E-state index >= 15 is 0 Å². The molecular formula is C19H26ClN3O. The van der Waals surface area contributed by atoms with Gasteiger partial charge in [-0.25, -0.2) is 9.97 Å². The largest absolute Gasteiger partial charge is 0.495 e. The number of nitrogens with zero attached hydrogens (tertiary/aromatic N) is 2. The van der Waals surface area contributed by atoms with Crippen molar-refractivity contribution in [1.82, 2.24) is 9.97 Å². The highest BCUT2D eigenvalue weighted by Gasteiger charge is 2.15. The van der Waals surface area contributed by atoms with E-state index in [2.05, 4.69) is 23.8 Å². The number of ether oxygens (including phenoxy) is 1. The van der Waals surface area contributed by atoms with Gasteiger partial charge >= 0.3 is 0 Å². The number of hydrogen-bond donors (Lipinski definition) is 1. The lowest BCUT2D eigenvalue weighted by Crippen LogP contribution is -1.98. The fraction of sp³-hybridized carbons (Fsp3) is 0.368. The van der Waals surface area contributed by atoms with Crippen molar-refractivity contribution in [3.63, 3.8) is 0 Å². The molecule has 4 nitrogen and oxygen atoms in total. The number of benzene rings is 1. The number of halogens is 1. The molecule has 0 spiro atoms. The number of nitrogens with two attached hydrogens (primary N) is 1. The van der Waals surface area contributed by atoms with Crippen molar-refractivity contribution in [3.05, 3.63) is 45.7 Å². The van der Waals surface area contributed by atoms with E-state index in [1.807, 2.05) is 32.9 Å². The topological polar surface area (TPSA) is 61.0 Å². The SMILES string of the molecule is CC.CCc1cc(OC)c(Cl)c(/C(C)=C/c2cnc(N)nc2)c1C. The second-order valence-electron chi connectivity index (χ2n) is 5.11. The maximum atomic E-state index is 6.51. The van der Waals surface area contributed by atoms with Gasteiger partial charge in [-0.05, 0) is 49.1 Å². The maximum Gasteiger partial charge on any atom is 0.219 e. The van der Waals surface area contributed by atoms with E-state index in [0.29, 0.717) is 10.8 Å². The van der Waals surface area contributed by atoms with Gasteiger partial charge in [0, 0.05) is 23.5 Å². The summed E-state index contributed by atoms with van der Waals surface area (Å²) in [6.07, 6.45) is 6.29. The average molecular weight is 348 g/mol. The Labute approximate surface area is 149 Å². The molecule has 0 aliphatic rings. The lowest BCUT2D eigenvalue weighted by molar-refractivity contribution is 0.414. The van der Waals surface area contributed by atoms with Crippen LogP contribution in [0.15, 0.2) is 18.5 Å². The van der Waals surface area contributed by atoms with Gasteiger partial charge in [-0.2, -0.15) is 0 Å². The van der Waals surface area contributed by atoms with Crippen LogP contribution in [0.2, 0.25) is 5.02 Å². The van der Waals surface area contributed by atoms with Gasteiger partial charge in [-0.1, -0.05) is 32.4 Å². The van der Waals surface area contributed by atoms with Crippen LogP contribution >= 0.6 is 11.6 Å². The molecular weight excluding hydrogens is 322 g/mol. The van der Waals surface area contributed by atoms with Gasteiger partial charge in [0.15, 0.2) is 0 Å². The lowest BCUT2D eigenvalue weighted by Gasteiger charge is -2.16. The summed E-state index contributed by atoms with van der Waals surface area (Å²) in [5.74, 6) is 0.957. The summed E-state index contributed by atoms with van der Waals surface area (Å²) in [6, 6.07) is 2.00. The zero-order valence-corrected chi connectivity index (χ0v) is 16.0. The highest BCUT2D eigenvalue weighted by atomic mass is 35.5.